The molecule has 2 nitrogen and oxygen atoms in total. The van der Waals surface area contributed by atoms with Crippen LogP contribution in [0.4, 0.5) is 0 Å². The Morgan fingerprint density at radius 2 is 2.13 bits per heavy atom. The molecule has 0 bridgehead atoms. The van der Waals surface area contributed by atoms with Gasteiger partial charge in [0.2, 0.25) is 0 Å². The zero-order valence-corrected chi connectivity index (χ0v) is 15.1. The molecule has 0 saturated carbocycles. The van der Waals surface area contributed by atoms with Gasteiger partial charge < -0.3 is 9.88 Å². The van der Waals surface area contributed by atoms with Gasteiger partial charge in [0.05, 0.1) is 0 Å². The van der Waals surface area contributed by atoms with Crippen LogP contribution >= 0.6 is 0 Å². The van der Waals surface area contributed by atoms with Crippen molar-refractivity contribution >= 4 is 22.2 Å². The van der Waals surface area contributed by atoms with E-state index in [2.05, 4.69) is 68.6 Å². The molecule has 0 aliphatic heterocycles. The van der Waals surface area contributed by atoms with E-state index in [-0.39, 0.29) is 5.41 Å². The smallest absolute Gasteiger partial charge is 0.0493 e. The predicted octanol–water partition coefficient (Wildman–Crippen LogP) is 5.13. The largest absolute Gasteiger partial charge is 0.388 e. The van der Waals surface area contributed by atoms with Gasteiger partial charge in [-0.05, 0) is 36.3 Å². The van der Waals surface area contributed by atoms with Crippen LogP contribution in [0.25, 0.3) is 22.2 Å². The predicted molar refractivity (Wildman–Crippen MR) is 101 cm³/mol. The summed E-state index contributed by atoms with van der Waals surface area (Å²) in [5, 5.41) is 4.74. The Hall–Kier alpha value is -1.96. The molecule has 0 unspecified atom stereocenters. The van der Waals surface area contributed by atoms with E-state index in [9.17, 15) is 0 Å². The van der Waals surface area contributed by atoms with Crippen LogP contribution in [-0.2, 0) is 13.5 Å². The third-order valence-electron chi connectivity index (χ3n) is 5.42. The summed E-state index contributed by atoms with van der Waals surface area (Å²) in [5.41, 5.74) is 8.08. The van der Waals surface area contributed by atoms with E-state index in [1.807, 2.05) is 7.05 Å². The number of fused-ring (bicyclic) bond motifs is 3. The van der Waals surface area contributed by atoms with Gasteiger partial charge in [-0.15, -0.1) is 0 Å². The van der Waals surface area contributed by atoms with Crippen molar-refractivity contribution < 1.29 is 0 Å². The van der Waals surface area contributed by atoms with Crippen molar-refractivity contribution in [1.29, 1.82) is 0 Å². The monoisotopic (exact) mass is 308 g/mol. The molecule has 2 heteroatoms. The van der Waals surface area contributed by atoms with Gasteiger partial charge in [0, 0.05) is 47.5 Å². The normalized spacial score (nSPS) is 17.4. The standard InChI is InChI=1S/C21H28N2/c1-7-9-16(22-5)15-10-8-11-17-20(15)19-14(2)21(3,4)13-12-18(19)23(17)6/h8-11,22H,2,7,12-13H2,1,3-6H3/b16-9-. The minimum Gasteiger partial charge on any atom is -0.388 e. The molecule has 1 aromatic heterocycles. The van der Waals surface area contributed by atoms with Gasteiger partial charge >= 0.3 is 0 Å². The highest BCUT2D eigenvalue weighted by molar-refractivity contribution is 6.02. The molecule has 1 aliphatic rings. The lowest BCUT2D eigenvalue weighted by molar-refractivity contribution is 0.438. The van der Waals surface area contributed by atoms with E-state index in [1.54, 1.807) is 0 Å². The SMILES string of the molecule is C=C1c2c(n(C)c3cccc(/C(=C/CC)NC)c23)CCC1(C)C. The average molecular weight is 308 g/mol. The first-order chi connectivity index (χ1) is 10.9. The van der Waals surface area contributed by atoms with Crippen LogP contribution in [-0.4, -0.2) is 11.6 Å². The Bertz CT molecular complexity index is 803. The molecule has 1 aliphatic carbocycles. The third-order valence-corrected chi connectivity index (χ3v) is 5.42. The molecule has 0 saturated heterocycles. The second kappa shape index (κ2) is 5.59. The maximum Gasteiger partial charge on any atom is 0.0493 e. The van der Waals surface area contributed by atoms with Gasteiger partial charge in [-0.1, -0.05) is 45.6 Å². The lowest BCUT2D eigenvalue weighted by atomic mass is 9.72. The fraction of sp³-hybridized carbons (Fsp3) is 0.429. The quantitative estimate of drug-likeness (QED) is 0.831. The Labute approximate surface area is 139 Å². The first-order valence-electron chi connectivity index (χ1n) is 8.60. The second-order valence-corrected chi connectivity index (χ2v) is 7.22. The Morgan fingerprint density at radius 3 is 2.78 bits per heavy atom. The molecule has 0 amide bonds. The molecule has 0 fully saturated rings. The minimum atomic E-state index is 0.169. The van der Waals surface area contributed by atoms with Crippen LogP contribution in [0.2, 0.25) is 0 Å². The van der Waals surface area contributed by atoms with E-state index in [0.29, 0.717) is 0 Å². The number of nitrogens with zero attached hydrogens (tertiary/aromatic N) is 1. The van der Waals surface area contributed by atoms with Crippen LogP contribution in [0.3, 0.4) is 0 Å². The van der Waals surface area contributed by atoms with Crippen molar-refractivity contribution in [2.75, 3.05) is 7.05 Å². The van der Waals surface area contributed by atoms with Crippen LogP contribution in [0.15, 0.2) is 30.9 Å². The van der Waals surface area contributed by atoms with Crippen LogP contribution in [0.1, 0.15) is 50.4 Å². The summed E-state index contributed by atoms with van der Waals surface area (Å²) >= 11 is 0. The number of benzene rings is 1. The van der Waals surface area contributed by atoms with E-state index in [0.717, 1.165) is 12.8 Å². The molecule has 23 heavy (non-hydrogen) atoms. The Balaban J connectivity index is 2.39. The summed E-state index contributed by atoms with van der Waals surface area (Å²) in [7, 11) is 4.20. The molecule has 1 heterocycles. The molecule has 0 spiro atoms. The average Bonchev–Trinajstić information content (AvgIpc) is 2.82. The number of hydrogen-bond donors (Lipinski definition) is 1. The van der Waals surface area contributed by atoms with Gasteiger partial charge in [-0.25, -0.2) is 0 Å². The summed E-state index contributed by atoms with van der Waals surface area (Å²) in [6.45, 7) is 11.3. The Morgan fingerprint density at radius 1 is 1.39 bits per heavy atom. The molecule has 3 rings (SSSR count). The number of hydrogen-bond acceptors (Lipinski definition) is 1. The number of allylic oxidation sites excluding steroid dienone is 2. The molecule has 122 valence electrons. The summed E-state index contributed by atoms with van der Waals surface area (Å²) in [4.78, 5) is 0. The first-order valence-corrected chi connectivity index (χ1v) is 8.60. The van der Waals surface area contributed by atoms with Gasteiger partial charge in [0.1, 0.15) is 0 Å². The van der Waals surface area contributed by atoms with Crippen molar-refractivity contribution in [3.05, 3.63) is 47.7 Å². The lowest BCUT2D eigenvalue weighted by Gasteiger charge is -2.33. The number of aryl methyl sites for hydroxylation is 1. The zero-order chi connectivity index (χ0) is 16.8. The molecule has 0 atom stereocenters. The van der Waals surface area contributed by atoms with Crippen molar-refractivity contribution in [2.45, 2.75) is 40.0 Å². The van der Waals surface area contributed by atoms with Gasteiger partial charge in [0.25, 0.3) is 0 Å². The molecule has 2 aromatic rings. The molecular weight excluding hydrogens is 280 g/mol. The highest BCUT2D eigenvalue weighted by Gasteiger charge is 2.33. The van der Waals surface area contributed by atoms with Crippen LogP contribution in [0.5, 0.6) is 0 Å². The lowest BCUT2D eigenvalue weighted by Crippen LogP contribution is -2.21. The van der Waals surface area contributed by atoms with Crippen LogP contribution in [0, 0.1) is 5.41 Å². The zero-order valence-electron chi connectivity index (χ0n) is 15.1. The van der Waals surface area contributed by atoms with Gasteiger partial charge in [-0.3, -0.25) is 0 Å². The summed E-state index contributed by atoms with van der Waals surface area (Å²) in [6.07, 6.45) is 5.58. The second-order valence-electron chi connectivity index (χ2n) is 7.22. The van der Waals surface area contributed by atoms with E-state index >= 15 is 0 Å². The molecule has 1 N–H and O–H groups in total. The minimum absolute atomic E-state index is 0.169. The van der Waals surface area contributed by atoms with Crippen molar-refractivity contribution in [1.82, 2.24) is 9.88 Å². The summed E-state index contributed by atoms with van der Waals surface area (Å²) in [5.74, 6) is 0. The van der Waals surface area contributed by atoms with E-state index in [4.69, 9.17) is 0 Å². The third kappa shape index (κ3) is 2.32. The topological polar surface area (TPSA) is 17.0 Å². The van der Waals surface area contributed by atoms with Crippen LogP contribution < -0.4 is 5.32 Å². The summed E-state index contributed by atoms with van der Waals surface area (Å²) < 4.78 is 2.37. The highest BCUT2D eigenvalue weighted by Crippen LogP contribution is 2.48. The van der Waals surface area contributed by atoms with E-state index in [1.165, 1.54) is 45.4 Å². The first kappa shape index (κ1) is 15.9. The molecule has 0 radical (unpaired) electrons. The number of aromatic nitrogens is 1. The van der Waals surface area contributed by atoms with Crippen molar-refractivity contribution in [3.8, 4) is 0 Å². The maximum atomic E-state index is 4.49. The Kier molecular flexibility index (Phi) is 3.87. The number of rotatable bonds is 3. The number of nitrogens with one attached hydrogen (secondary N) is 1. The van der Waals surface area contributed by atoms with Crippen molar-refractivity contribution in [2.24, 2.45) is 12.5 Å². The summed E-state index contributed by atoms with van der Waals surface area (Å²) in [6, 6.07) is 6.63. The van der Waals surface area contributed by atoms with Crippen molar-refractivity contribution in [3.63, 3.8) is 0 Å². The van der Waals surface area contributed by atoms with E-state index < -0.39 is 0 Å². The fourth-order valence-corrected chi connectivity index (χ4v) is 3.85. The van der Waals surface area contributed by atoms with Gasteiger partial charge in [0.15, 0.2) is 0 Å². The highest BCUT2D eigenvalue weighted by atomic mass is 15.0. The maximum absolute atomic E-state index is 4.49. The molecular formula is C21H28N2. The molecule has 1 aromatic carbocycles. The van der Waals surface area contributed by atoms with Gasteiger partial charge in [-0.2, -0.15) is 0 Å². The fourth-order valence-electron chi connectivity index (χ4n) is 3.85.